The summed E-state index contributed by atoms with van der Waals surface area (Å²) in [5.41, 5.74) is 2.01. The van der Waals surface area contributed by atoms with Crippen LogP contribution in [0.1, 0.15) is 29.7 Å². The van der Waals surface area contributed by atoms with Gasteiger partial charge in [-0.25, -0.2) is 4.98 Å². The minimum absolute atomic E-state index is 0.516. The number of ether oxygens (including phenoxy) is 1. The summed E-state index contributed by atoms with van der Waals surface area (Å²) in [5, 5.41) is 15.8. The van der Waals surface area contributed by atoms with Gasteiger partial charge in [-0.3, -0.25) is 0 Å². The molecule has 0 bridgehead atoms. The minimum atomic E-state index is -0.516. The van der Waals surface area contributed by atoms with Gasteiger partial charge in [0, 0.05) is 18.0 Å². The molecule has 0 amide bonds. The summed E-state index contributed by atoms with van der Waals surface area (Å²) < 4.78 is 8.54. The second-order valence-electron chi connectivity index (χ2n) is 7.70. The molecule has 0 radical (unpaired) electrons. The maximum absolute atomic E-state index is 9.97. The van der Waals surface area contributed by atoms with Crippen molar-refractivity contribution in [1.29, 1.82) is 5.26 Å². The van der Waals surface area contributed by atoms with Crippen LogP contribution in [0.2, 0.25) is 0 Å². The number of nitriles is 1. The SMILES string of the molecule is Cn1cncc1[C@]1(c2c(C#N)cccc2Oc2cccc3ccccc23)CCCN1. The Labute approximate surface area is 175 Å². The highest BCUT2D eigenvalue weighted by Crippen LogP contribution is 2.45. The number of aromatic nitrogens is 2. The lowest BCUT2D eigenvalue weighted by atomic mass is 9.82. The van der Waals surface area contributed by atoms with Crippen LogP contribution in [-0.2, 0) is 12.6 Å². The number of hydrogen-bond acceptors (Lipinski definition) is 4. The Morgan fingerprint density at radius 3 is 2.63 bits per heavy atom. The van der Waals surface area contributed by atoms with Gasteiger partial charge in [-0.2, -0.15) is 5.26 Å². The molecular weight excluding hydrogens is 372 g/mol. The van der Waals surface area contributed by atoms with Crippen LogP contribution in [0.4, 0.5) is 0 Å². The van der Waals surface area contributed by atoms with Crippen molar-refractivity contribution in [2.75, 3.05) is 6.54 Å². The highest BCUT2D eigenvalue weighted by atomic mass is 16.5. The van der Waals surface area contributed by atoms with Gasteiger partial charge in [0.2, 0.25) is 0 Å². The summed E-state index contributed by atoms with van der Waals surface area (Å²) >= 11 is 0. The molecule has 1 aliphatic heterocycles. The van der Waals surface area contributed by atoms with Gasteiger partial charge in [0.1, 0.15) is 11.5 Å². The van der Waals surface area contributed by atoms with Gasteiger partial charge in [-0.15, -0.1) is 0 Å². The standard InChI is InChI=1S/C25H22N4O/c1-29-17-27-16-23(29)25(13-6-14-28-25)24-19(15-26)9-5-12-22(24)30-21-11-4-8-18-7-2-3-10-20(18)21/h2-5,7-12,16-17,28H,6,13-14H2,1H3/t25-/m0/s1. The van der Waals surface area contributed by atoms with Crippen molar-refractivity contribution in [3.8, 4) is 17.6 Å². The molecule has 1 saturated heterocycles. The zero-order valence-corrected chi connectivity index (χ0v) is 16.8. The van der Waals surface area contributed by atoms with Crippen LogP contribution in [0, 0.1) is 11.3 Å². The fourth-order valence-electron chi connectivity index (χ4n) is 4.62. The predicted molar refractivity (Wildman–Crippen MR) is 116 cm³/mol. The largest absolute Gasteiger partial charge is 0.456 e. The fraction of sp³-hybridized carbons (Fsp3) is 0.200. The van der Waals surface area contributed by atoms with E-state index in [0.717, 1.165) is 47.2 Å². The van der Waals surface area contributed by atoms with Gasteiger partial charge in [-0.05, 0) is 43.0 Å². The molecule has 1 aliphatic rings. The molecule has 1 atom stereocenters. The molecule has 0 saturated carbocycles. The van der Waals surface area contributed by atoms with Crippen LogP contribution in [0.3, 0.4) is 0 Å². The quantitative estimate of drug-likeness (QED) is 0.537. The molecule has 4 aromatic rings. The molecule has 1 fully saturated rings. The van der Waals surface area contributed by atoms with Crippen molar-refractivity contribution in [2.24, 2.45) is 7.05 Å². The number of fused-ring (bicyclic) bond motifs is 1. The second-order valence-corrected chi connectivity index (χ2v) is 7.70. The van der Waals surface area contributed by atoms with E-state index in [1.807, 2.05) is 60.3 Å². The first kappa shape index (κ1) is 18.4. The molecular formula is C25H22N4O. The van der Waals surface area contributed by atoms with Crippen molar-refractivity contribution in [1.82, 2.24) is 14.9 Å². The molecule has 1 aromatic heterocycles. The Kier molecular flexibility index (Phi) is 4.50. The molecule has 0 spiro atoms. The van der Waals surface area contributed by atoms with E-state index < -0.39 is 5.54 Å². The Morgan fingerprint density at radius 2 is 1.87 bits per heavy atom. The number of hydrogen-bond donors (Lipinski definition) is 1. The van der Waals surface area contributed by atoms with Crippen LogP contribution < -0.4 is 10.1 Å². The minimum Gasteiger partial charge on any atom is -0.456 e. The van der Waals surface area contributed by atoms with E-state index in [4.69, 9.17) is 4.74 Å². The number of rotatable bonds is 4. The van der Waals surface area contributed by atoms with Gasteiger partial charge in [0.15, 0.2) is 0 Å². The van der Waals surface area contributed by atoms with E-state index in [-0.39, 0.29) is 0 Å². The van der Waals surface area contributed by atoms with Gasteiger partial charge < -0.3 is 14.6 Å². The van der Waals surface area contributed by atoms with Crippen LogP contribution in [0.15, 0.2) is 73.2 Å². The van der Waals surface area contributed by atoms with Crippen molar-refractivity contribution in [3.63, 3.8) is 0 Å². The Bertz CT molecular complexity index is 1260. The summed E-state index contributed by atoms with van der Waals surface area (Å²) in [4.78, 5) is 4.35. The van der Waals surface area contributed by atoms with Gasteiger partial charge in [0.25, 0.3) is 0 Å². The molecule has 2 heterocycles. The number of nitrogens with one attached hydrogen (secondary N) is 1. The van der Waals surface area contributed by atoms with Crippen LogP contribution in [-0.4, -0.2) is 16.1 Å². The van der Waals surface area contributed by atoms with Crippen LogP contribution in [0.25, 0.3) is 10.8 Å². The fourth-order valence-corrected chi connectivity index (χ4v) is 4.62. The predicted octanol–water partition coefficient (Wildman–Crippen LogP) is 4.86. The first-order valence-electron chi connectivity index (χ1n) is 10.1. The van der Waals surface area contributed by atoms with E-state index in [0.29, 0.717) is 11.3 Å². The third-order valence-electron chi connectivity index (χ3n) is 5.95. The topological polar surface area (TPSA) is 62.9 Å². The lowest BCUT2D eigenvalue weighted by molar-refractivity contribution is 0.410. The zero-order valence-electron chi connectivity index (χ0n) is 16.8. The monoisotopic (exact) mass is 394 g/mol. The molecule has 5 heteroatoms. The number of aryl methyl sites for hydroxylation is 1. The van der Waals surface area contributed by atoms with Crippen molar-refractivity contribution < 1.29 is 4.74 Å². The van der Waals surface area contributed by atoms with E-state index in [2.05, 4.69) is 34.6 Å². The molecule has 3 aromatic carbocycles. The summed E-state index contributed by atoms with van der Waals surface area (Å²) in [6.45, 7) is 0.874. The maximum Gasteiger partial charge on any atom is 0.135 e. The Hall–Kier alpha value is -3.62. The number of imidazole rings is 1. The highest BCUT2D eigenvalue weighted by Gasteiger charge is 2.43. The molecule has 1 N–H and O–H groups in total. The van der Waals surface area contributed by atoms with E-state index in [9.17, 15) is 5.26 Å². The molecule has 30 heavy (non-hydrogen) atoms. The number of benzene rings is 3. The van der Waals surface area contributed by atoms with E-state index >= 15 is 0 Å². The van der Waals surface area contributed by atoms with Crippen molar-refractivity contribution in [3.05, 3.63) is 90.0 Å². The van der Waals surface area contributed by atoms with Gasteiger partial charge in [-0.1, -0.05) is 42.5 Å². The molecule has 5 rings (SSSR count). The van der Waals surface area contributed by atoms with Gasteiger partial charge in [0.05, 0.1) is 35.4 Å². The van der Waals surface area contributed by atoms with E-state index in [1.165, 1.54) is 0 Å². The normalized spacial score (nSPS) is 18.4. The maximum atomic E-state index is 9.97. The smallest absolute Gasteiger partial charge is 0.135 e. The zero-order chi connectivity index (χ0) is 20.6. The van der Waals surface area contributed by atoms with Crippen LogP contribution >= 0.6 is 0 Å². The van der Waals surface area contributed by atoms with Gasteiger partial charge >= 0.3 is 0 Å². The lowest BCUT2D eigenvalue weighted by Crippen LogP contribution is -2.40. The Morgan fingerprint density at radius 1 is 1.07 bits per heavy atom. The third kappa shape index (κ3) is 2.85. The third-order valence-corrected chi connectivity index (χ3v) is 5.95. The molecule has 0 aliphatic carbocycles. The highest BCUT2D eigenvalue weighted by molar-refractivity contribution is 5.88. The summed E-state index contributed by atoms with van der Waals surface area (Å²) in [7, 11) is 1.99. The summed E-state index contributed by atoms with van der Waals surface area (Å²) in [5.74, 6) is 1.48. The Balaban J connectivity index is 1.72. The average Bonchev–Trinajstić information content (AvgIpc) is 3.43. The summed E-state index contributed by atoms with van der Waals surface area (Å²) in [6, 6.07) is 22.3. The number of nitrogens with zero attached hydrogens (tertiary/aromatic N) is 3. The second kappa shape index (κ2) is 7.33. The summed E-state index contributed by atoms with van der Waals surface area (Å²) in [6.07, 6.45) is 5.57. The van der Waals surface area contributed by atoms with Crippen LogP contribution in [0.5, 0.6) is 11.5 Å². The lowest BCUT2D eigenvalue weighted by Gasteiger charge is -2.33. The molecule has 5 nitrogen and oxygen atoms in total. The first-order chi connectivity index (χ1) is 14.7. The molecule has 0 unspecified atom stereocenters. The molecule has 148 valence electrons. The van der Waals surface area contributed by atoms with Crippen molar-refractivity contribution in [2.45, 2.75) is 18.4 Å². The first-order valence-corrected chi connectivity index (χ1v) is 10.1. The van der Waals surface area contributed by atoms with E-state index in [1.54, 1.807) is 6.33 Å². The van der Waals surface area contributed by atoms with Crippen molar-refractivity contribution >= 4 is 10.8 Å². The average molecular weight is 394 g/mol.